The number of fused-ring (bicyclic) bond motifs is 15. The lowest BCUT2D eigenvalue weighted by Crippen LogP contribution is -2.61. The number of rotatable bonds is 2. The Morgan fingerprint density at radius 2 is 1.22 bits per heavy atom. The minimum absolute atomic E-state index is 0.0176. The van der Waals surface area contributed by atoms with Gasteiger partial charge < -0.3 is 14.4 Å². The maximum absolute atomic E-state index is 2.81. The molecule has 3 nitrogen and oxygen atoms in total. The molecule has 1 fully saturated rings. The minimum Gasteiger partial charge on any atom is -0.334 e. The Hall–Kier alpha value is -6.04. The van der Waals surface area contributed by atoms with Crippen molar-refractivity contribution >= 4 is 94.0 Å². The number of thiophene rings is 1. The van der Waals surface area contributed by atoms with E-state index in [0.29, 0.717) is 0 Å². The molecule has 0 N–H and O–H groups in total. The highest BCUT2D eigenvalue weighted by molar-refractivity contribution is 7.26. The summed E-state index contributed by atoms with van der Waals surface area (Å²) in [7, 11) is 0. The fraction of sp³-hybridized carbons (Fsp3) is 0.343. The molecule has 5 heteroatoms. The highest BCUT2D eigenvalue weighted by Gasteiger charge is 2.58. The molecular weight excluding hydrogens is 890 g/mol. The topological polar surface area (TPSA) is 11.4 Å². The molecule has 2 unspecified atom stereocenters. The average molecular weight is 958 g/mol. The highest BCUT2D eigenvalue weighted by Crippen LogP contribution is 2.62. The van der Waals surface area contributed by atoms with Crippen LogP contribution in [0, 0.1) is 0 Å². The number of benzene rings is 7. The van der Waals surface area contributed by atoms with Crippen molar-refractivity contribution in [3.63, 3.8) is 0 Å². The summed E-state index contributed by atoms with van der Waals surface area (Å²) in [6.45, 7) is 31.7. The third-order valence-corrected chi connectivity index (χ3v) is 20.2. The molecule has 3 aliphatic heterocycles. The van der Waals surface area contributed by atoms with Crippen molar-refractivity contribution in [2.45, 2.75) is 148 Å². The molecule has 7 aromatic carbocycles. The molecule has 360 valence electrons. The van der Waals surface area contributed by atoms with Crippen molar-refractivity contribution in [1.82, 2.24) is 4.57 Å². The van der Waals surface area contributed by atoms with Crippen LogP contribution in [0.15, 0.2) is 127 Å². The second-order valence-electron chi connectivity index (χ2n) is 26.5. The van der Waals surface area contributed by atoms with E-state index in [1.165, 1.54) is 145 Å². The summed E-state index contributed by atoms with van der Waals surface area (Å²) >= 11 is 1.94. The van der Waals surface area contributed by atoms with E-state index in [9.17, 15) is 0 Å². The summed E-state index contributed by atoms with van der Waals surface area (Å²) in [5.41, 5.74) is 24.4. The monoisotopic (exact) mass is 958 g/mol. The standard InChI is InChI=1S/C67H68BN3S/c1-62(2,3)39-27-30-51-48(34-39)66(12)31-18-19-32-67(66,13)71(51)42-28-29-49-53(38-42)69(52-25-20-23-44-43-21-15-17-26-56(43)72-61(44)52)54-36-41(64(7,8)9)37-55-58(54)68(49)50-35-40(63(4,5)6)33-46-57-60(70(55)59(46)50)45-22-14-16-24-47(45)65(57,10)11/h14-17,20-30,33-38H,18-19,31-32H2,1-13H3. The molecule has 14 rings (SSSR count). The van der Waals surface area contributed by atoms with Gasteiger partial charge in [0.25, 0.3) is 6.71 Å². The number of nitrogens with zero attached hydrogens (tertiary/aromatic N) is 3. The molecule has 0 radical (unpaired) electrons. The summed E-state index contributed by atoms with van der Waals surface area (Å²) in [4.78, 5) is 5.55. The van der Waals surface area contributed by atoms with Gasteiger partial charge in [0.15, 0.2) is 0 Å². The van der Waals surface area contributed by atoms with Crippen LogP contribution in [-0.4, -0.2) is 16.8 Å². The smallest absolute Gasteiger partial charge is 0.252 e. The van der Waals surface area contributed by atoms with Crippen molar-refractivity contribution in [2.24, 2.45) is 0 Å². The predicted molar refractivity (Wildman–Crippen MR) is 312 cm³/mol. The molecule has 5 aliphatic rings. The Labute approximate surface area is 432 Å². The van der Waals surface area contributed by atoms with Crippen molar-refractivity contribution in [2.75, 3.05) is 9.80 Å². The van der Waals surface area contributed by atoms with Gasteiger partial charge in [-0.1, -0.05) is 175 Å². The van der Waals surface area contributed by atoms with Gasteiger partial charge in [0, 0.05) is 71.2 Å². The summed E-state index contributed by atoms with van der Waals surface area (Å²) in [5.74, 6) is 0. The lowest BCUT2D eigenvalue weighted by Gasteiger charge is -2.50. The predicted octanol–water partition coefficient (Wildman–Crippen LogP) is 16.6. The van der Waals surface area contributed by atoms with E-state index in [4.69, 9.17) is 0 Å². The molecule has 5 heterocycles. The second kappa shape index (κ2) is 14.2. The van der Waals surface area contributed by atoms with Crippen LogP contribution in [0.2, 0.25) is 0 Å². The van der Waals surface area contributed by atoms with Crippen LogP contribution >= 0.6 is 11.3 Å². The van der Waals surface area contributed by atoms with Gasteiger partial charge in [-0.3, -0.25) is 0 Å². The van der Waals surface area contributed by atoms with E-state index < -0.39 is 0 Å². The van der Waals surface area contributed by atoms with Gasteiger partial charge in [-0.15, -0.1) is 11.3 Å². The van der Waals surface area contributed by atoms with Crippen LogP contribution in [-0.2, 0) is 27.1 Å². The third-order valence-electron chi connectivity index (χ3n) is 18.9. The first-order chi connectivity index (χ1) is 34.1. The van der Waals surface area contributed by atoms with E-state index in [1.54, 1.807) is 0 Å². The molecule has 2 aliphatic carbocycles. The summed E-state index contributed by atoms with van der Waals surface area (Å²) in [6.07, 6.45) is 4.87. The van der Waals surface area contributed by atoms with E-state index >= 15 is 0 Å². The molecule has 0 spiro atoms. The molecule has 2 atom stereocenters. The number of hydrogen-bond donors (Lipinski definition) is 0. The Morgan fingerprint density at radius 1 is 0.528 bits per heavy atom. The molecular formula is C67H68BN3S. The van der Waals surface area contributed by atoms with Gasteiger partial charge in [-0.05, 0) is 134 Å². The molecule has 0 saturated heterocycles. The third kappa shape index (κ3) is 5.64. The number of hydrogen-bond acceptors (Lipinski definition) is 3. The Morgan fingerprint density at radius 3 is 2.00 bits per heavy atom. The summed E-state index contributed by atoms with van der Waals surface area (Å²) < 4.78 is 5.42. The summed E-state index contributed by atoms with van der Waals surface area (Å²) in [5, 5.41) is 4.06. The van der Waals surface area contributed by atoms with Crippen LogP contribution < -0.4 is 26.2 Å². The van der Waals surface area contributed by atoms with Gasteiger partial charge in [0.05, 0.1) is 21.6 Å². The lowest BCUT2D eigenvalue weighted by atomic mass is 9.33. The van der Waals surface area contributed by atoms with Gasteiger partial charge >= 0.3 is 0 Å². The SMILES string of the molecule is CC(C)(C)c1cc2c3c(c1)-n1c4c(c5cc(C(C)(C)C)cc(c51)B3c1ccc(N3c5ccc(C(C)(C)C)cc5C5(C)CCCCC35C)cc1N2c1cccc2c1sc1ccccc12)C(C)(C)c1ccccc1-4. The van der Waals surface area contributed by atoms with Gasteiger partial charge in [0.1, 0.15) is 0 Å². The lowest BCUT2D eigenvalue weighted by molar-refractivity contribution is 0.195. The second-order valence-corrected chi connectivity index (χ2v) is 27.6. The molecule has 0 bridgehead atoms. The minimum atomic E-state index is -0.174. The van der Waals surface area contributed by atoms with Gasteiger partial charge in [-0.25, -0.2) is 0 Å². The number of anilines is 5. The first-order valence-corrected chi connectivity index (χ1v) is 27.7. The first kappa shape index (κ1) is 44.6. The largest absolute Gasteiger partial charge is 0.334 e. The Balaban J connectivity index is 1.13. The Kier molecular flexibility index (Phi) is 8.79. The normalized spacial score (nSPS) is 20.5. The van der Waals surface area contributed by atoms with Gasteiger partial charge in [-0.2, -0.15) is 0 Å². The van der Waals surface area contributed by atoms with Crippen LogP contribution in [0.5, 0.6) is 0 Å². The van der Waals surface area contributed by atoms with E-state index in [-0.39, 0.29) is 39.3 Å². The van der Waals surface area contributed by atoms with Crippen LogP contribution in [0.1, 0.15) is 149 Å². The van der Waals surface area contributed by atoms with Gasteiger partial charge in [0.2, 0.25) is 0 Å². The highest BCUT2D eigenvalue weighted by atomic mass is 32.1. The fourth-order valence-corrected chi connectivity index (χ4v) is 16.0. The Bertz CT molecular complexity index is 3860. The summed E-state index contributed by atoms with van der Waals surface area (Å²) in [6, 6.07) is 51.0. The van der Waals surface area contributed by atoms with Crippen molar-refractivity contribution in [1.29, 1.82) is 0 Å². The molecule has 0 amide bonds. The van der Waals surface area contributed by atoms with Crippen LogP contribution in [0.25, 0.3) is 48.0 Å². The molecule has 72 heavy (non-hydrogen) atoms. The van der Waals surface area contributed by atoms with E-state index in [0.717, 1.165) is 6.42 Å². The quantitative estimate of drug-likeness (QED) is 0.160. The average Bonchev–Trinajstić information content (AvgIpc) is 4.02. The van der Waals surface area contributed by atoms with Crippen LogP contribution in [0.3, 0.4) is 0 Å². The molecule has 9 aromatic rings. The fourth-order valence-electron chi connectivity index (χ4n) is 14.8. The molecule has 2 aromatic heterocycles. The van der Waals surface area contributed by atoms with E-state index in [1.807, 2.05) is 11.3 Å². The zero-order valence-electron chi connectivity index (χ0n) is 44.8. The van der Waals surface area contributed by atoms with E-state index in [2.05, 4.69) is 232 Å². The maximum Gasteiger partial charge on any atom is 0.252 e. The zero-order chi connectivity index (χ0) is 50.0. The van der Waals surface area contributed by atoms with Crippen molar-refractivity contribution < 1.29 is 0 Å². The maximum atomic E-state index is 2.81. The zero-order valence-corrected chi connectivity index (χ0v) is 45.6. The van der Waals surface area contributed by atoms with Crippen molar-refractivity contribution in [3.8, 4) is 16.9 Å². The molecule has 1 saturated carbocycles. The first-order valence-electron chi connectivity index (χ1n) is 26.9. The number of aromatic nitrogens is 1. The van der Waals surface area contributed by atoms with Crippen LogP contribution in [0.4, 0.5) is 28.4 Å². The van der Waals surface area contributed by atoms with Crippen molar-refractivity contribution in [3.05, 3.63) is 161 Å².